The first-order valence-corrected chi connectivity index (χ1v) is 6.27. The van der Waals surface area contributed by atoms with Crippen molar-refractivity contribution in [3.8, 4) is 0 Å². The molecular weight excluding hydrogens is 232 g/mol. The van der Waals surface area contributed by atoms with Crippen molar-refractivity contribution in [1.29, 1.82) is 0 Å². The molecule has 5 heteroatoms. The standard InChI is InChI=1S/C13H24N2O3/c1-11(13-5-4-8-18-13)15-7-6-14-9-12(17-3)10-16-2/h4-5,8,11-12,14-15H,6-7,9-10H2,1-3H3. The van der Waals surface area contributed by atoms with Crippen molar-refractivity contribution in [3.05, 3.63) is 24.2 Å². The first kappa shape index (κ1) is 15.2. The van der Waals surface area contributed by atoms with E-state index in [1.165, 1.54) is 0 Å². The Morgan fingerprint density at radius 3 is 2.78 bits per heavy atom. The van der Waals surface area contributed by atoms with Crippen LogP contribution in [-0.2, 0) is 9.47 Å². The van der Waals surface area contributed by atoms with Crippen molar-refractivity contribution in [1.82, 2.24) is 10.6 Å². The molecule has 0 spiro atoms. The van der Waals surface area contributed by atoms with Crippen LogP contribution in [0.2, 0.25) is 0 Å². The molecule has 0 aliphatic rings. The second kappa shape index (κ2) is 9.10. The largest absolute Gasteiger partial charge is 0.468 e. The first-order valence-electron chi connectivity index (χ1n) is 6.27. The quantitative estimate of drug-likeness (QED) is 0.616. The van der Waals surface area contributed by atoms with Gasteiger partial charge in [-0.1, -0.05) is 0 Å². The smallest absolute Gasteiger partial charge is 0.120 e. The summed E-state index contributed by atoms with van der Waals surface area (Å²) >= 11 is 0. The van der Waals surface area contributed by atoms with E-state index in [4.69, 9.17) is 13.9 Å². The van der Waals surface area contributed by atoms with Gasteiger partial charge in [0, 0.05) is 33.9 Å². The van der Waals surface area contributed by atoms with Crippen molar-refractivity contribution in [3.63, 3.8) is 0 Å². The average molecular weight is 256 g/mol. The van der Waals surface area contributed by atoms with Crippen LogP contribution in [0.15, 0.2) is 22.8 Å². The lowest BCUT2D eigenvalue weighted by Crippen LogP contribution is -2.36. The van der Waals surface area contributed by atoms with E-state index in [1.54, 1.807) is 20.5 Å². The Morgan fingerprint density at radius 2 is 2.17 bits per heavy atom. The molecule has 0 aliphatic heterocycles. The molecule has 5 nitrogen and oxygen atoms in total. The molecule has 0 aromatic carbocycles. The summed E-state index contributed by atoms with van der Waals surface area (Å²) in [4.78, 5) is 0. The average Bonchev–Trinajstić information content (AvgIpc) is 2.90. The van der Waals surface area contributed by atoms with E-state index in [-0.39, 0.29) is 12.1 Å². The van der Waals surface area contributed by atoms with E-state index in [0.29, 0.717) is 6.61 Å². The normalized spacial score (nSPS) is 14.6. The second-order valence-corrected chi connectivity index (χ2v) is 4.21. The molecule has 0 radical (unpaired) electrons. The summed E-state index contributed by atoms with van der Waals surface area (Å²) in [5.41, 5.74) is 0. The van der Waals surface area contributed by atoms with Gasteiger partial charge in [-0.05, 0) is 19.1 Å². The molecule has 18 heavy (non-hydrogen) atoms. The first-order chi connectivity index (χ1) is 8.77. The zero-order valence-electron chi connectivity index (χ0n) is 11.4. The van der Waals surface area contributed by atoms with Crippen molar-refractivity contribution in [2.24, 2.45) is 0 Å². The molecule has 104 valence electrons. The highest BCUT2D eigenvalue weighted by Gasteiger charge is 2.07. The van der Waals surface area contributed by atoms with Crippen LogP contribution in [0.25, 0.3) is 0 Å². The van der Waals surface area contributed by atoms with Crippen LogP contribution in [0.1, 0.15) is 18.7 Å². The monoisotopic (exact) mass is 256 g/mol. The van der Waals surface area contributed by atoms with Gasteiger partial charge >= 0.3 is 0 Å². The number of hydrogen-bond acceptors (Lipinski definition) is 5. The molecule has 1 aromatic heterocycles. The lowest BCUT2D eigenvalue weighted by Gasteiger charge is -2.16. The van der Waals surface area contributed by atoms with Gasteiger partial charge in [0.15, 0.2) is 0 Å². The van der Waals surface area contributed by atoms with Crippen LogP contribution < -0.4 is 10.6 Å². The lowest BCUT2D eigenvalue weighted by molar-refractivity contribution is 0.0291. The Hall–Kier alpha value is -0.880. The molecule has 1 aromatic rings. The third-order valence-corrected chi connectivity index (χ3v) is 2.78. The van der Waals surface area contributed by atoms with Crippen LogP contribution >= 0.6 is 0 Å². The molecule has 2 atom stereocenters. The van der Waals surface area contributed by atoms with Gasteiger partial charge in [-0.15, -0.1) is 0 Å². The minimum Gasteiger partial charge on any atom is -0.468 e. The molecule has 1 rings (SSSR count). The fraction of sp³-hybridized carbons (Fsp3) is 0.692. The summed E-state index contributed by atoms with van der Waals surface area (Å²) < 4.78 is 15.6. The third-order valence-electron chi connectivity index (χ3n) is 2.78. The molecule has 0 aliphatic carbocycles. The molecule has 0 fully saturated rings. The fourth-order valence-corrected chi connectivity index (χ4v) is 1.67. The zero-order chi connectivity index (χ0) is 13.2. The summed E-state index contributed by atoms with van der Waals surface area (Å²) in [6, 6.07) is 4.11. The minimum absolute atomic E-state index is 0.109. The number of rotatable bonds is 10. The van der Waals surface area contributed by atoms with Crippen LogP contribution in [0.5, 0.6) is 0 Å². The Bertz CT molecular complexity index is 290. The predicted octanol–water partition coefficient (Wildman–Crippen LogP) is 1.18. The summed E-state index contributed by atoms with van der Waals surface area (Å²) in [6.45, 7) is 5.25. The van der Waals surface area contributed by atoms with Crippen LogP contribution in [0, 0.1) is 0 Å². The highest BCUT2D eigenvalue weighted by atomic mass is 16.5. The highest BCUT2D eigenvalue weighted by Crippen LogP contribution is 2.11. The molecule has 2 unspecified atom stereocenters. The predicted molar refractivity (Wildman–Crippen MR) is 70.7 cm³/mol. The Balaban J connectivity index is 2.04. The summed E-state index contributed by atoms with van der Waals surface area (Å²) in [5, 5.41) is 6.70. The van der Waals surface area contributed by atoms with Gasteiger partial charge in [-0.25, -0.2) is 0 Å². The number of ether oxygens (including phenoxy) is 2. The zero-order valence-corrected chi connectivity index (χ0v) is 11.4. The number of hydrogen-bond donors (Lipinski definition) is 2. The van der Waals surface area contributed by atoms with Crippen molar-refractivity contribution in [2.45, 2.75) is 19.1 Å². The van der Waals surface area contributed by atoms with Crippen LogP contribution in [0.3, 0.4) is 0 Å². The van der Waals surface area contributed by atoms with Crippen LogP contribution in [0.4, 0.5) is 0 Å². The van der Waals surface area contributed by atoms with Gasteiger partial charge in [0.05, 0.1) is 25.0 Å². The summed E-state index contributed by atoms with van der Waals surface area (Å²) in [7, 11) is 3.38. The highest BCUT2D eigenvalue weighted by molar-refractivity contribution is 5.02. The molecular formula is C13H24N2O3. The van der Waals surface area contributed by atoms with E-state index in [2.05, 4.69) is 17.6 Å². The number of methoxy groups -OCH3 is 2. The molecule has 2 N–H and O–H groups in total. The fourth-order valence-electron chi connectivity index (χ4n) is 1.67. The number of furan rings is 1. The van der Waals surface area contributed by atoms with Crippen molar-refractivity contribution >= 4 is 0 Å². The van der Waals surface area contributed by atoms with Crippen molar-refractivity contribution in [2.75, 3.05) is 40.5 Å². The van der Waals surface area contributed by atoms with E-state index in [1.807, 2.05) is 12.1 Å². The van der Waals surface area contributed by atoms with E-state index < -0.39 is 0 Å². The van der Waals surface area contributed by atoms with Crippen LogP contribution in [-0.4, -0.2) is 46.6 Å². The molecule has 1 heterocycles. The van der Waals surface area contributed by atoms with Gasteiger partial charge in [0.1, 0.15) is 5.76 Å². The minimum atomic E-state index is 0.109. The van der Waals surface area contributed by atoms with Gasteiger partial charge < -0.3 is 24.5 Å². The maximum atomic E-state index is 5.32. The second-order valence-electron chi connectivity index (χ2n) is 4.21. The van der Waals surface area contributed by atoms with Gasteiger partial charge in [0.25, 0.3) is 0 Å². The maximum Gasteiger partial charge on any atom is 0.120 e. The summed E-state index contributed by atoms with van der Waals surface area (Å²) in [5.74, 6) is 0.962. The lowest BCUT2D eigenvalue weighted by atomic mass is 10.2. The molecule has 0 saturated carbocycles. The molecule has 0 amide bonds. The molecule has 0 bridgehead atoms. The SMILES string of the molecule is COCC(CNCCNC(C)c1ccco1)OC. The topological polar surface area (TPSA) is 55.7 Å². The third kappa shape index (κ3) is 5.64. The number of nitrogens with one attached hydrogen (secondary N) is 2. The van der Waals surface area contributed by atoms with Gasteiger partial charge in [-0.2, -0.15) is 0 Å². The van der Waals surface area contributed by atoms with Gasteiger partial charge in [0.2, 0.25) is 0 Å². The van der Waals surface area contributed by atoms with Crippen molar-refractivity contribution < 1.29 is 13.9 Å². The van der Waals surface area contributed by atoms with E-state index in [9.17, 15) is 0 Å². The Labute approximate surface area is 109 Å². The van der Waals surface area contributed by atoms with E-state index >= 15 is 0 Å². The Morgan fingerprint density at radius 1 is 1.33 bits per heavy atom. The maximum absolute atomic E-state index is 5.32. The van der Waals surface area contributed by atoms with E-state index in [0.717, 1.165) is 25.4 Å². The summed E-state index contributed by atoms with van der Waals surface area (Å²) in [6.07, 6.45) is 1.80. The van der Waals surface area contributed by atoms with Gasteiger partial charge in [-0.3, -0.25) is 0 Å². The molecule has 0 saturated heterocycles. The Kier molecular flexibility index (Phi) is 7.68.